The van der Waals surface area contributed by atoms with E-state index in [1.54, 1.807) is 41.3 Å². The number of anilines is 1. The van der Waals surface area contributed by atoms with Crippen molar-refractivity contribution in [2.45, 2.75) is 31.8 Å². The summed E-state index contributed by atoms with van der Waals surface area (Å²) in [6, 6.07) is 14.3. The summed E-state index contributed by atoms with van der Waals surface area (Å²) in [5.74, 6) is 0.454. The summed E-state index contributed by atoms with van der Waals surface area (Å²) in [5, 5.41) is 2.89. The second-order valence-corrected chi connectivity index (χ2v) is 7.49. The maximum Gasteiger partial charge on any atom is 0.255 e. The lowest BCUT2D eigenvalue weighted by Crippen LogP contribution is -2.40. The zero-order valence-electron chi connectivity index (χ0n) is 16.4. The van der Waals surface area contributed by atoms with Crippen LogP contribution in [0, 0.1) is 0 Å². The van der Waals surface area contributed by atoms with E-state index >= 15 is 0 Å². The Morgan fingerprint density at radius 2 is 1.69 bits per heavy atom. The second-order valence-electron chi connectivity index (χ2n) is 7.49. The van der Waals surface area contributed by atoms with E-state index in [9.17, 15) is 9.59 Å². The maximum atomic E-state index is 12.7. The van der Waals surface area contributed by atoms with Crippen LogP contribution in [0.25, 0.3) is 0 Å². The average Bonchev–Trinajstić information content (AvgIpc) is 3.27. The summed E-state index contributed by atoms with van der Waals surface area (Å²) >= 11 is 0. The van der Waals surface area contributed by atoms with Crippen LogP contribution in [-0.4, -0.2) is 49.1 Å². The number of carbonyl (C=O) groups is 2. The van der Waals surface area contributed by atoms with Crippen molar-refractivity contribution in [3.63, 3.8) is 0 Å². The smallest absolute Gasteiger partial charge is 0.255 e. The number of ether oxygens (including phenoxy) is 2. The average molecular weight is 394 g/mol. The molecule has 29 heavy (non-hydrogen) atoms. The molecule has 0 bridgehead atoms. The highest BCUT2D eigenvalue weighted by Crippen LogP contribution is 2.25. The number of rotatable bonds is 5. The molecule has 1 aliphatic heterocycles. The van der Waals surface area contributed by atoms with Gasteiger partial charge in [0.2, 0.25) is 0 Å². The molecule has 2 aromatic carbocycles. The highest BCUT2D eigenvalue weighted by Gasteiger charge is 2.19. The van der Waals surface area contributed by atoms with Crippen molar-refractivity contribution in [2.75, 3.05) is 31.6 Å². The quantitative estimate of drug-likeness (QED) is 0.839. The van der Waals surface area contributed by atoms with Crippen LogP contribution in [0.15, 0.2) is 48.5 Å². The molecule has 152 valence electrons. The van der Waals surface area contributed by atoms with Gasteiger partial charge >= 0.3 is 0 Å². The first-order chi connectivity index (χ1) is 14.2. The SMILES string of the molecule is O=C(Nc1cccc(C(=O)N2CCOCC2)c1)c1cccc(OC2CCCC2)c1. The van der Waals surface area contributed by atoms with Gasteiger partial charge in [-0.15, -0.1) is 0 Å². The van der Waals surface area contributed by atoms with E-state index in [4.69, 9.17) is 9.47 Å². The van der Waals surface area contributed by atoms with Gasteiger partial charge in [-0.2, -0.15) is 0 Å². The third kappa shape index (κ3) is 4.95. The number of hydrogen-bond acceptors (Lipinski definition) is 4. The minimum atomic E-state index is -0.224. The van der Waals surface area contributed by atoms with E-state index in [1.807, 2.05) is 12.1 Å². The molecule has 2 aliphatic rings. The maximum absolute atomic E-state index is 12.7. The number of nitrogens with zero attached hydrogens (tertiary/aromatic N) is 1. The summed E-state index contributed by atoms with van der Waals surface area (Å²) in [4.78, 5) is 27.1. The van der Waals surface area contributed by atoms with Crippen molar-refractivity contribution in [2.24, 2.45) is 0 Å². The predicted molar refractivity (Wildman–Crippen MR) is 110 cm³/mol. The van der Waals surface area contributed by atoms with E-state index in [-0.39, 0.29) is 17.9 Å². The molecule has 1 aliphatic carbocycles. The van der Waals surface area contributed by atoms with Crippen molar-refractivity contribution in [1.82, 2.24) is 4.90 Å². The lowest BCUT2D eigenvalue weighted by molar-refractivity contribution is 0.0303. The van der Waals surface area contributed by atoms with Crippen molar-refractivity contribution < 1.29 is 19.1 Å². The first kappa shape index (κ1) is 19.5. The van der Waals surface area contributed by atoms with Gasteiger partial charge in [-0.1, -0.05) is 12.1 Å². The first-order valence-electron chi connectivity index (χ1n) is 10.2. The van der Waals surface area contributed by atoms with Gasteiger partial charge in [0.15, 0.2) is 0 Å². The highest BCUT2D eigenvalue weighted by molar-refractivity contribution is 6.05. The second kappa shape index (κ2) is 9.09. The number of hydrogen-bond donors (Lipinski definition) is 1. The van der Waals surface area contributed by atoms with E-state index in [0.717, 1.165) is 18.6 Å². The Kier molecular flexibility index (Phi) is 6.10. The van der Waals surface area contributed by atoms with E-state index in [0.29, 0.717) is 43.1 Å². The summed E-state index contributed by atoms with van der Waals surface area (Å²) in [7, 11) is 0. The molecular formula is C23H26N2O4. The zero-order valence-corrected chi connectivity index (χ0v) is 16.4. The topological polar surface area (TPSA) is 67.9 Å². The first-order valence-corrected chi connectivity index (χ1v) is 10.2. The van der Waals surface area contributed by atoms with Crippen LogP contribution >= 0.6 is 0 Å². The van der Waals surface area contributed by atoms with Gasteiger partial charge < -0.3 is 19.7 Å². The number of carbonyl (C=O) groups excluding carboxylic acids is 2. The predicted octanol–water partition coefficient (Wildman–Crippen LogP) is 3.73. The molecular weight excluding hydrogens is 368 g/mol. The molecule has 0 radical (unpaired) electrons. The van der Waals surface area contributed by atoms with Crippen LogP contribution < -0.4 is 10.1 Å². The summed E-state index contributed by atoms with van der Waals surface area (Å²) in [5.41, 5.74) is 1.68. The molecule has 6 nitrogen and oxygen atoms in total. The fourth-order valence-electron chi connectivity index (χ4n) is 3.79. The van der Waals surface area contributed by atoms with E-state index in [1.165, 1.54) is 12.8 Å². The van der Waals surface area contributed by atoms with Gasteiger partial charge in [-0.3, -0.25) is 9.59 Å². The lowest BCUT2D eigenvalue weighted by Gasteiger charge is -2.27. The standard InChI is InChI=1S/C23H26N2O4/c26-22(17-5-4-10-21(16-17)29-20-8-1-2-9-20)24-19-7-3-6-18(15-19)23(27)25-11-13-28-14-12-25/h3-7,10,15-16,20H,1-2,8-9,11-14H2,(H,24,26). The largest absolute Gasteiger partial charge is 0.490 e. The van der Waals surface area contributed by atoms with Gasteiger partial charge in [-0.05, 0) is 62.1 Å². The number of nitrogens with one attached hydrogen (secondary N) is 1. The third-order valence-electron chi connectivity index (χ3n) is 5.37. The zero-order chi connectivity index (χ0) is 20.1. The molecule has 0 atom stereocenters. The molecule has 2 aromatic rings. The van der Waals surface area contributed by atoms with E-state index < -0.39 is 0 Å². The fraction of sp³-hybridized carbons (Fsp3) is 0.391. The Morgan fingerprint density at radius 1 is 0.966 bits per heavy atom. The minimum Gasteiger partial charge on any atom is -0.490 e. The van der Waals surface area contributed by atoms with Crippen LogP contribution in [0.2, 0.25) is 0 Å². The fourth-order valence-corrected chi connectivity index (χ4v) is 3.79. The molecule has 1 saturated carbocycles. The monoisotopic (exact) mass is 394 g/mol. The Hall–Kier alpha value is -2.86. The lowest BCUT2D eigenvalue weighted by atomic mass is 10.1. The van der Waals surface area contributed by atoms with Crippen LogP contribution in [0.4, 0.5) is 5.69 Å². The van der Waals surface area contributed by atoms with Crippen LogP contribution in [0.1, 0.15) is 46.4 Å². The Balaban J connectivity index is 1.42. The number of amides is 2. The number of benzene rings is 2. The van der Waals surface area contributed by atoms with Gasteiger partial charge in [0.25, 0.3) is 11.8 Å². The molecule has 0 unspecified atom stereocenters. The Bertz CT molecular complexity index is 871. The summed E-state index contributed by atoms with van der Waals surface area (Å²) < 4.78 is 11.3. The van der Waals surface area contributed by atoms with Crippen LogP contribution in [-0.2, 0) is 4.74 Å². The van der Waals surface area contributed by atoms with Crippen molar-refractivity contribution in [1.29, 1.82) is 0 Å². The molecule has 0 aromatic heterocycles. The Labute approximate surface area is 170 Å². The number of morpholine rings is 1. The van der Waals surface area contributed by atoms with Crippen LogP contribution in [0.3, 0.4) is 0 Å². The Morgan fingerprint density at radius 3 is 2.48 bits per heavy atom. The van der Waals surface area contributed by atoms with Gasteiger partial charge in [-0.25, -0.2) is 0 Å². The van der Waals surface area contributed by atoms with E-state index in [2.05, 4.69) is 5.32 Å². The molecule has 1 heterocycles. The highest BCUT2D eigenvalue weighted by atomic mass is 16.5. The van der Waals surface area contributed by atoms with Gasteiger partial charge in [0.1, 0.15) is 5.75 Å². The summed E-state index contributed by atoms with van der Waals surface area (Å²) in [6.07, 6.45) is 4.78. The van der Waals surface area contributed by atoms with Crippen LogP contribution in [0.5, 0.6) is 5.75 Å². The molecule has 1 saturated heterocycles. The van der Waals surface area contributed by atoms with Crippen molar-refractivity contribution >= 4 is 17.5 Å². The molecule has 4 rings (SSSR count). The molecule has 6 heteroatoms. The normalized spacial score (nSPS) is 17.2. The summed E-state index contributed by atoms with van der Waals surface area (Å²) in [6.45, 7) is 2.29. The molecule has 2 fully saturated rings. The molecule has 0 spiro atoms. The van der Waals surface area contributed by atoms with Gasteiger partial charge in [0, 0.05) is 29.9 Å². The van der Waals surface area contributed by atoms with Gasteiger partial charge in [0.05, 0.1) is 19.3 Å². The van der Waals surface area contributed by atoms with Crippen molar-refractivity contribution in [3.05, 3.63) is 59.7 Å². The van der Waals surface area contributed by atoms with Crippen molar-refractivity contribution in [3.8, 4) is 5.75 Å². The third-order valence-corrected chi connectivity index (χ3v) is 5.37. The molecule has 2 amide bonds. The molecule has 1 N–H and O–H groups in total. The minimum absolute atomic E-state index is 0.0450.